The minimum atomic E-state index is -0.227. The quantitative estimate of drug-likeness (QED) is 0.409. The van der Waals surface area contributed by atoms with E-state index in [2.05, 4.69) is 39.8 Å². The van der Waals surface area contributed by atoms with Gasteiger partial charge in [-0.25, -0.2) is 4.99 Å². The largest absolute Gasteiger partial charge is 0.366 e. The van der Waals surface area contributed by atoms with E-state index in [4.69, 9.17) is 0 Å². The number of hydrogen-bond acceptors (Lipinski definition) is 2. The lowest BCUT2D eigenvalue weighted by molar-refractivity contribution is -0.116. The maximum Gasteiger partial charge on any atom is 0.243 e. The predicted octanol–water partition coefficient (Wildman–Crippen LogP) is 2.23. The lowest BCUT2D eigenvalue weighted by Crippen LogP contribution is -2.54. The van der Waals surface area contributed by atoms with Gasteiger partial charge in [-0.15, -0.1) is 0 Å². The van der Waals surface area contributed by atoms with Crippen molar-refractivity contribution in [1.29, 1.82) is 0 Å². The van der Waals surface area contributed by atoms with Gasteiger partial charge in [0.05, 0.1) is 5.54 Å². The molecule has 0 fully saturated rings. The van der Waals surface area contributed by atoms with Crippen molar-refractivity contribution in [1.82, 2.24) is 16.0 Å². The number of unbranched alkanes of at least 4 members (excludes halogenated alkanes) is 2. The summed E-state index contributed by atoms with van der Waals surface area (Å²) >= 11 is 0. The number of rotatable bonds is 5. The monoisotopic (exact) mass is 335 g/mol. The molecule has 1 heterocycles. The van der Waals surface area contributed by atoms with Crippen molar-refractivity contribution >= 4 is 17.7 Å². The number of amidine groups is 1. The lowest BCUT2D eigenvalue weighted by atomic mass is 9.93. The first kappa shape index (κ1) is 20.2. The van der Waals surface area contributed by atoms with Crippen LogP contribution in [0.2, 0.25) is 0 Å². The number of hydrogen-bond donors (Lipinski definition) is 3. The predicted molar refractivity (Wildman–Crippen MR) is 101 cm³/mol. The van der Waals surface area contributed by atoms with Crippen molar-refractivity contribution in [3.63, 3.8) is 0 Å². The maximum atomic E-state index is 11.9. The smallest absolute Gasteiger partial charge is 0.243 e. The Morgan fingerprint density at radius 2 is 2.17 bits per heavy atom. The van der Waals surface area contributed by atoms with Crippen LogP contribution < -0.4 is 16.0 Å². The van der Waals surface area contributed by atoms with E-state index in [1.54, 1.807) is 6.08 Å². The van der Waals surface area contributed by atoms with Crippen LogP contribution in [-0.2, 0) is 4.79 Å². The summed E-state index contributed by atoms with van der Waals surface area (Å²) < 4.78 is 0. The van der Waals surface area contributed by atoms with Crippen molar-refractivity contribution < 1.29 is 4.79 Å². The van der Waals surface area contributed by atoms with Crippen LogP contribution in [0.1, 0.15) is 53.4 Å². The molecule has 3 N–H and O–H groups in total. The number of carbonyl (C=O) groups excluding carboxylic acids is 1. The molecule has 1 rings (SSSR count). The minimum Gasteiger partial charge on any atom is -0.366 e. The van der Waals surface area contributed by atoms with Crippen LogP contribution in [0.3, 0.4) is 0 Å². The summed E-state index contributed by atoms with van der Waals surface area (Å²) in [7, 11) is 1.82. The van der Waals surface area contributed by atoms with Crippen molar-refractivity contribution in [2.75, 3.05) is 20.1 Å². The van der Waals surface area contributed by atoms with Crippen molar-refractivity contribution in [3.05, 3.63) is 12.2 Å². The van der Waals surface area contributed by atoms with E-state index in [1.165, 1.54) is 12.8 Å². The van der Waals surface area contributed by atoms with Gasteiger partial charge in [0.2, 0.25) is 11.9 Å². The van der Waals surface area contributed by atoms with E-state index < -0.39 is 0 Å². The molecule has 2 atom stereocenters. The number of amides is 1. The third-order valence-corrected chi connectivity index (χ3v) is 4.14. The number of aliphatic imine (C=N–C) groups is 2. The summed E-state index contributed by atoms with van der Waals surface area (Å²) in [4.78, 5) is 21.0. The lowest BCUT2D eigenvalue weighted by Gasteiger charge is -2.33. The average Bonchev–Trinajstić information content (AvgIpc) is 2.61. The summed E-state index contributed by atoms with van der Waals surface area (Å²) in [5.74, 6) is 1.40. The fourth-order valence-electron chi connectivity index (χ4n) is 2.61. The molecule has 0 spiro atoms. The Labute approximate surface area is 146 Å². The fourth-order valence-corrected chi connectivity index (χ4v) is 2.61. The molecule has 2 unspecified atom stereocenters. The van der Waals surface area contributed by atoms with Crippen molar-refractivity contribution in [2.24, 2.45) is 15.9 Å². The van der Waals surface area contributed by atoms with Gasteiger partial charge < -0.3 is 16.0 Å². The molecule has 1 amide bonds. The molecule has 6 heteroatoms. The molecule has 136 valence electrons. The van der Waals surface area contributed by atoms with Gasteiger partial charge in [-0.2, -0.15) is 0 Å². The van der Waals surface area contributed by atoms with E-state index in [0.29, 0.717) is 19.0 Å². The Bertz CT molecular complexity index is 498. The summed E-state index contributed by atoms with van der Waals surface area (Å²) in [6, 6.07) is 0. The number of nitrogens with one attached hydrogen (secondary N) is 3. The van der Waals surface area contributed by atoms with E-state index in [9.17, 15) is 4.79 Å². The zero-order valence-electron chi connectivity index (χ0n) is 15.8. The second-order valence-electron chi connectivity index (χ2n) is 6.55. The van der Waals surface area contributed by atoms with Gasteiger partial charge in [0.15, 0.2) is 0 Å². The van der Waals surface area contributed by atoms with Crippen LogP contribution in [0.25, 0.3) is 0 Å². The highest BCUT2D eigenvalue weighted by molar-refractivity contribution is 5.99. The molecule has 0 radical (unpaired) electrons. The van der Waals surface area contributed by atoms with Gasteiger partial charge in [0.1, 0.15) is 5.84 Å². The first-order valence-electron chi connectivity index (χ1n) is 8.99. The van der Waals surface area contributed by atoms with E-state index in [-0.39, 0.29) is 17.4 Å². The number of carbonyl (C=O) groups is 1. The Morgan fingerprint density at radius 3 is 2.79 bits per heavy atom. The molecule has 0 aromatic rings. The van der Waals surface area contributed by atoms with Gasteiger partial charge in [-0.05, 0) is 26.3 Å². The first-order chi connectivity index (χ1) is 11.4. The zero-order chi connectivity index (χ0) is 18.0. The second-order valence-corrected chi connectivity index (χ2v) is 6.55. The number of nitrogens with zero attached hydrogens (tertiary/aromatic N) is 2. The molecule has 24 heavy (non-hydrogen) atoms. The molecule has 1 aliphatic heterocycles. The third kappa shape index (κ3) is 6.72. The number of guanidine groups is 1. The van der Waals surface area contributed by atoms with Gasteiger partial charge in [-0.1, -0.05) is 39.2 Å². The van der Waals surface area contributed by atoms with E-state index >= 15 is 0 Å². The van der Waals surface area contributed by atoms with Gasteiger partial charge in [0.25, 0.3) is 0 Å². The topological polar surface area (TPSA) is 77.9 Å². The Balaban J connectivity index is 3.10. The van der Waals surface area contributed by atoms with Crippen LogP contribution in [0.4, 0.5) is 0 Å². The Morgan fingerprint density at radius 1 is 1.42 bits per heavy atom. The van der Waals surface area contributed by atoms with E-state index in [0.717, 1.165) is 18.7 Å². The molecular weight excluding hydrogens is 302 g/mol. The van der Waals surface area contributed by atoms with Gasteiger partial charge >= 0.3 is 0 Å². The van der Waals surface area contributed by atoms with Crippen LogP contribution in [0.15, 0.2) is 22.1 Å². The van der Waals surface area contributed by atoms with Crippen LogP contribution in [-0.4, -0.2) is 43.4 Å². The molecule has 0 bridgehead atoms. The molecule has 0 saturated heterocycles. The summed E-state index contributed by atoms with van der Waals surface area (Å²) in [5, 5.41) is 9.60. The minimum absolute atomic E-state index is 0.00903. The maximum absolute atomic E-state index is 11.9. The summed E-state index contributed by atoms with van der Waals surface area (Å²) in [5.41, 5.74) is -0.227. The first-order valence-corrected chi connectivity index (χ1v) is 8.99. The fraction of sp³-hybridized carbons (Fsp3) is 0.722. The van der Waals surface area contributed by atoms with E-state index in [1.807, 2.05) is 27.0 Å². The standard InChI is InChI=1S/C18H33N5O/c1-6-8-9-12-18(4)13-21-15(24)11-10-14(3)16(23-18)22-17(19-5)20-7-2/h10-11,14H,6-9,12-13H2,1-5H3,(H,21,24)(H2,19,20,22,23)/b11-10+. The molecule has 0 aliphatic carbocycles. The normalized spacial score (nSPS) is 28.4. The SMILES string of the molecule is CCCCCC1(C)CNC(=O)/C=C/C(C)/C(=N\C(=N/CC)NC)N1. The highest BCUT2D eigenvalue weighted by atomic mass is 16.1. The highest BCUT2D eigenvalue weighted by Crippen LogP contribution is 2.17. The zero-order valence-corrected chi connectivity index (χ0v) is 15.8. The summed E-state index contributed by atoms with van der Waals surface area (Å²) in [6.45, 7) is 9.60. The Hall–Kier alpha value is -1.85. The molecule has 0 aromatic heterocycles. The second kappa shape index (κ2) is 10.1. The molecule has 0 aromatic carbocycles. The van der Waals surface area contributed by atoms with Crippen molar-refractivity contribution in [3.8, 4) is 0 Å². The highest BCUT2D eigenvalue weighted by Gasteiger charge is 2.28. The van der Waals surface area contributed by atoms with Crippen molar-refractivity contribution in [2.45, 2.75) is 58.9 Å². The van der Waals surface area contributed by atoms with Gasteiger partial charge in [0, 0.05) is 26.1 Å². The molecular formula is C18H33N5O. The van der Waals surface area contributed by atoms with Crippen LogP contribution >= 0.6 is 0 Å². The molecule has 0 saturated carbocycles. The van der Waals surface area contributed by atoms with Gasteiger partial charge in [-0.3, -0.25) is 9.79 Å². The third-order valence-electron chi connectivity index (χ3n) is 4.14. The summed E-state index contributed by atoms with van der Waals surface area (Å²) in [6.07, 6.45) is 7.92. The van der Waals surface area contributed by atoms with Crippen LogP contribution in [0, 0.1) is 5.92 Å². The average molecular weight is 335 g/mol. The molecule has 1 aliphatic rings. The molecule has 6 nitrogen and oxygen atoms in total. The van der Waals surface area contributed by atoms with Crippen LogP contribution in [0.5, 0.6) is 0 Å². The Kier molecular flexibility index (Phi) is 8.50.